The molecule has 0 spiro atoms. The molecule has 1 N–H and O–H groups in total. The van der Waals surface area contributed by atoms with Crippen molar-refractivity contribution in [1.29, 1.82) is 0 Å². The standard InChI is InChI=1S/C9H11NO4/c1-2-14-9-7(6-11)4-3-5-8(9)10(12)13/h3-5,11H,2,6H2,1H3. The average molecular weight is 197 g/mol. The van der Waals surface area contributed by atoms with Gasteiger partial charge in [0.1, 0.15) is 0 Å². The van der Waals surface area contributed by atoms with Crippen molar-refractivity contribution in [3.8, 4) is 5.75 Å². The van der Waals surface area contributed by atoms with Crippen molar-refractivity contribution in [1.82, 2.24) is 0 Å². The van der Waals surface area contributed by atoms with Gasteiger partial charge in [0.25, 0.3) is 0 Å². The third-order valence-electron chi connectivity index (χ3n) is 1.73. The topological polar surface area (TPSA) is 72.6 Å². The summed E-state index contributed by atoms with van der Waals surface area (Å²) in [6, 6.07) is 4.47. The fourth-order valence-electron chi connectivity index (χ4n) is 1.15. The van der Waals surface area contributed by atoms with Crippen LogP contribution in [0.1, 0.15) is 12.5 Å². The third kappa shape index (κ3) is 2.00. The molecule has 0 fully saturated rings. The van der Waals surface area contributed by atoms with Crippen LogP contribution in [0.2, 0.25) is 0 Å². The molecule has 76 valence electrons. The number of para-hydroxylation sites is 1. The van der Waals surface area contributed by atoms with Gasteiger partial charge in [-0.05, 0) is 6.92 Å². The van der Waals surface area contributed by atoms with Crippen molar-refractivity contribution >= 4 is 5.69 Å². The summed E-state index contributed by atoms with van der Waals surface area (Å²) in [6.07, 6.45) is 0. The Morgan fingerprint density at radius 1 is 1.57 bits per heavy atom. The van der Waals surface area contributed by atoms with Gasteiger partial charge in [0.15, 0.2) is 0 Å². The number of nitro groups is 1. The molecule has 0 bridgehead atoms. The highest BCUT2D eigenvalue weighted by Crippen LogP contribution is 2.30. The molecule has 0 saturated heterocycles. The molecule has 0 aromatic heterocycles. The predicted molar refractivity (Wildman–Crippen MR) is 50.2 cm³/mol. The summed E-state index contributed by atoms with van der Waals surface area (Å²) in [5.74, 6) is 0.155. The number of aliphatic hydroxyl groups excluding tert-OH is 1. The first-order valence-electron chi connectivity index (χ1n) is 4.20. The molecule has 0 radical (unpaired) electrons. The van der Waals surface area contributed by atoms with Crippen molar-refractivity contribution in [2.45, 2.75) is 13.5 Å². The molecule has 1 aromatic carbocycles. The zero-order chi connectivity index (χ0) is 10.6. The minimum absolute atomic E-state index is 0.113. The summed E-state index contributed by atoms with van der Waals surface area (Å²) >= 11 is 0. The molecule has 1 aromatic rings. The molecule has 0 saturated carbocycles. The van der Waals surface area contributed by atoms with Crippen molar-refractivity contribution in [2.75, 3.05) is 6.61 Å². The number of hydrogen-bond acceptors (Lipinski definition) is 4. The van der Waals surface area contributed by atoms with Gasteiger partial charge in [-0.2, -0.15) is 0 Å². The van der Waals surface area contributed by atoms with Crippen LogP contribution in [-0.4, -0.2) is 16.6 Å². The molecule has 0 aliphatic carbocycles. The van der Waals surface area contributed by atoms with Gasteiger partial charge in [-0.25, -0.2) is 0 Å². The molecular formula is C9H11NO4. The van der Waals surface area contributed by atoms with Crippen LogP contribution in [0, 0.1) is 10.1 Å². The van der Waals surface area contributed by atoms with Gasteiger partial charge in [0.05, 0.1) is 18.1 Å². The zero-order valence-electron chi connectivity index (χ0n) is 7.77. The molecule has 1 rings (SSSR count). The molecule has 0 heterocycles. The SMILES string of the molecule is CCOc1c(CO)cccc1[N+](=O)[O-]. The van der Waals surface area contributed by atoms with Crippen LogP contribution in [0.4, 0.5) is 5.69 Å². The van der Waals surface area contributed by atoms with E-state index in [1.54, 1.807) is 13.0 Å². The predicted octanol–water partition coefficient (Wildman–Crippen LogP) is 1.49. The lowest BCUT2D eigenvalue weighted by atomic mass is 10.2. The first-order chi connectivity index (χ1) is 6.70. The van der Waals surface area contributed by atoms with Crippen LogP contribution in [0.5, 0.6) is 5.75 Å². The second kappa shape index (κ2) is 4.57. The Hall–Kier alpha value is -1.62. The zero-order valence-corrected chi connectivity index (χ0v) is 7.77. The average Bonchev–Trinajstić information content (AvgIpc) is 2.18. The Balaban J connectivity index is 3.20. The highest BCUT2D eigenvalue weighted by molar-refractivity contribution is 5.51. The first kappa shape index (κ1) is 10.5. The van der Waals surface area contributed by atoms with E-state index < -0.39 is 4.92 Å². The molecule has 0 amide bonds. The summed E-state index contributed by atoms with van der Waals surface area (Å²) in [4.78, 5) is 10.1. The van der Waals surface area contributed by atoms with E-state index in [0.717, 1.165) is 0 Å². The van der Waals surface area contributed by atoms with Gasteiger partial charge in [-0.1, -0.05) is 12.1 Å². The van der Waals surface area contributed by atoms with E-state index in [-0.39, 0.29) is 18.0 Å². The molecule has 14 heavy (non-hydrogen) atoms. The number of nitro benzene ring substituents is 1. The van der Waals surface area contributed by atoms with E-state index in [1.807, 2.05) is 0 Å². The van der Waals surface area contributed by atoms with Crippen molar-refractivity contribution in [2.24, 2.45) is 0 Å². The van der Waals surface area contributed by atoms with Crippen LogP contribution in [0.25, 0.3) is 0 Å². The lowest BCUT2D eigenvalue weighted by molar-refractivity contribution is -0.386. The number of aliphatic hydroxyl groups is 1. The molecule has 0 aliphatic heterocycles. The minimum Gasteiger partial charge on any atom is -0.487 e. The van der Waals surface area contributed by atoms with Gasteiger partial charge in [-0.15, -0.1) is 0 Å². The fourth-order valence-corrected chi connectivity index (χ4v) is 1.15. The smallest absolute Gasteiger partial charge is 0.311 e. The van der Waals surface area contributed by atoms with E-state index in [9.17, 15) is 10.1 Å². The van der Waals surface area contributed by atoms with Crippen molar-refractivity contribution in [3.05, 3.63) is 33.9 Å². The maximum atomic E-state index is 10.6. The normalized spacial score (nSPS) is 9.86. The summed E-state index contributed by atoms with van der Waals surface area (Å²) in [7, 11) is 0. The van der Waals surface area contributed by atoms with Gasteiger partial charge >= 0.3 is 5.69 Å². The van der Waals surface area contributed by atoms with Gasteiger partial charge < -0.3 is 9.84 Å². The summed E-state index contributed by atoms with van der Waals surface area (Å²) in [5, 5.41) is 19.6. The molecule has 0 atom stereocenters. The molecule has 0 aliphatic rings. The Bertz CT molecular complexity index is 338. The van der Waals surface area contributed by atoms with E-state index in [0.29, 0.717) is 12.2 Å². The molecule has 5 heteroatoms. The van der Waals surface area contributed by atoms with Gasteiger partial charge in [0.2, 0.25) is 5.75 Å². The maximum Gasteiger partial charge on any atom is 0.311 e. The van der Waals surface area contributed by atoms with Crippen molar-refractivity contribution < 1.29 is 14.8 Å². The van der Waals surface area contributed by atoms with E-state index >= 15 is 0 Å². The maximum absolute atomic E-state index is 10.6. The highest BCUT2D eigenvalue weighted by atomic mass is 16.6. The van der Waals surface area contributed by atoms with E-state index in [2.05, 4.69) is 0 Å². The lowest BCUT2D eigenvalue weighted by Crippen LogP contribution is -2.01. The van der Waals surface area contributed by atoms with Gasteiger partial charge in [0, 0.05) is 11.6 Å². The highest BCUT2D eigenvalue weighted by Gasteiger charge is 2.17. The van der Waals surface area contributed by atoms with Crippen LogP contribution in [0.15, 0.2) is 18.2 Å². The molecule has 5 nitrogen and oxygen atoms in total. The Morgan fingerprint density at radius 3 is 2.79 bits per heavy atom. The molecule has 0 unspecified atom stereocenters. The second-order valence-electron chi connectivity index (χ2n) is 2.61. The number of hydrogen-bond donors (Lipinski definition) is 1. The Labute approximate surface area is 81.1 Å². The van der Waals surface area contributed by atoms with Crippen LogP contribution in [-0.2, 0) is 6.61 Å². The van der Waals surface area contributed by atoms with Gasteiger partial charge in [-0.3, -0.25) is 10.1 Å². The van der Waals surface area contributed by atoms with Crippen LogP contribution < -0.4 is 4.74 Å². The largest absolute Gasteiger partial charge is 0.487 e. The van der Waals surface area contributed by atoms with E-state index in [1.165, 1.54) is 12.1 Å². The third-order valence-corrected chi connectivity index (χ3v) is 1.73. The summed E-state index contributed by atoms with van der Waals surface area (Å²) in [6.45, 7) is 1.80. The van der Waals surface area contributed by atoms with E-state index in [4.69, 9.17) is 9.84 Å². The summed E-state index contributed by atoms with van der Waals surface area (Å²) in [5.41, 5.74) is 0.319. The molecular weight excluding hydrogens is 186 g/mol. The number of rotatable bonds is 4. The Kier molecular flexibility index (Phi) is 3.41. The van der Waals surface area contributed by atoms with Crippen molar-refractivity contribution in [3.63, 3.8) is 0 Å². The Morgan fingerprint density at radius 2 is 2.29 bits per heavy atom. The number of nitrogens with zero attached hydrogens (tertiary/aromatic N) is 1. The van der Waals surface area contributed by atoms with Crippen LogP contribution in [0.3, 0.4) is 0 Å². The minimum atomic E-state index is -0.524. The first-order valence-corrected chi connectivity index (χ1v) is 4.20. The quantitative estimate of drug-likeness (QED) is 0.586. The monoisotopic (exact) mass is 197 g/mol. The lowest BCUT2D eigenvalue weighted by Gasteiger charge is -2.07. The fraction of sp³-hybridized carbons (Fsp3) is 0.333. The summed E-state index contributed by atoms with van der Waals surface area (Å²) < 4.78 is 5.12. The number of ether oxygens (including phenoxy) is 1. The number of benzene rings is 1. The second-order valence-corrected chi connectivity index (χ2v) is 2.61. The van der Waals surface area contributed by atoms with Crippen LogP contribution >= 0.6 is 0 Å².